The predicted molar refractivity (Wildman–Crippen MR) is 72.2 cm³/mol. The Bertz CT molecular complexity index is 364. The number of benzene rings is 1. The maximum atomic E-state index is 10.4. The number of aliphatic hydroxyl groups is 1. The van der Waals surface area contributed by atoms with Crippen LogP contribution in [0.2, 0.25) is 0 Å². The molecule has 0 spiro atoms. The summed E-state index contributed by atoms with van der Waals surface area (Å²) in [7, 11) is 0. The third kappa shape index (κ3) is 3.32. The predicted octanol–water partition coefficient (Wildman–Crippen LogP) is 4.04. The second kappa shape index (κ2) is 4.81. The van der Waals surface area contributed by atoms with Crippen molar-refractivity contribution in [2.45, 2.75) is 58.0 Å². The van der Waals surface area contributed by atoms with Crippen LogP contribution in [0.3, 0.4) is 0 Å². The summed E-state index contributed by atoms with van der Waals surface area (Å²) in [4.78, 5) is 0. The van der Waals surface area contributed by atoms with Crippen LogP contribution in [0.5, 0.6) is 0 Å². The van der Waals surface area contributed by atoms with Crippen LogP contribution in [0.1, 0.15) is 56.6 Å². The Morgan fingerprint density at radius 3 is 2.41 bits per heavy atom. The summed E-state index contributed by atoms with van der Waals surface area (Å²) in [6.07, 6.45) is 4.28. The molecule has 0 aromatic heterocycles. The Hall–Kier alpha value is -0.820. The molecule has 1 nitrogen and oxygen atoms in total. The molecule has 3 unspecified atom stereocenters. The molecular formula is C16H24O. The fourth-order valence-electron chi connectivity index (χ4n) is 3.18. The van der Waals surface area contributed by atoms with Gasteiger partial charge >= 0.3 is 0 Å². The molecule has 17 heavy (non-hydrogen) atoms. The molecule has 1 heteroatoms. The van der Waals surface area contributed by atoms with Crippen molar-refractivity contribution in [3.05, 3.63) is 35.4 Å². The summed E-state index contributed by atoms with van der Waals surface area (Å²) in [6.45, 7) is 6.37. The Morgan fingerprint density at radius 2 is 1.76 bits per heavy atom. The number of aryl methyl sites for hydroxylation is 1. The molecule has 1 N–H and O–H groups in total. The molecule has 0 heterocycles. The Morgan fingerprint density at radius 1 is 1.12 bits per heavy atom. The lowest BCUT2D eigenvalue weighted by molar-refractivity contribution is 0.0302. The SMILES string of the molecule is Cc1ccc(C2CCC(C)CC(C)(O)C2)cc1. The first-order chi connectivity index (χ1) is 7.96. The summed E-state index contributed by atoms with van der Waals surface area (Å²) in [5.74, 6) is 1.16. The van der Waals surface area contributed by atoms with Gasteiger partial charge in [0.1, 0.15) is 0 Å². The van der Waals surface area contributed by atoms with Gasteiger partial charge in [-0.2, -0.15) is 0 Å². The Labute approximate surface area is 105 Å². The van der Waals surface area contributed by atoms with Crippen molar-refractivity contribution in [3.63, 3.8) is 0 Å². The van der Waals surface area contributed by atoms with E-state index in [1.807, 2.05) is 6.92 Å². The van der Waals surface area contributed by atoms with Crippen LogP contribution in [-0.2, 0) is 0 Å². The minimum Gasteiger partial charge on any atom is -0.390 e. The Balaban J connectivity index is 2.17. The lowest BCUT2D eigenvalue weighted by atomic mass is 9.85. The first-order valence-electron chi connectivity index (χ1n) is 6.75. The molecule has 1 fully saturated rings. The van der Waals surface area contributed by atoms with E-state index in [9.17, 15) is 5.11 Å². The van der Waals surface area contributed by atoms with Crippen LogP contribution in [0, 0.1) is 12.8 Å². The minimum atomic E-state index is -0.495. The fourth-order valence-corrected chi connectivity index (χ4v) is 3.18. The zero-order chi connectivity index (χ0) is 12.5. The summed E-state index contributed by atoms with van der Waals surface area (Å²) < 4.78 is 0. The molecular weight excluding hydrogens is 208 g/mol. The molecule has 0 saturated heterocycles. The quantitative estimate of drug-likeness (QED) is 0.724. The molecule has 1 aromatic rings. The monoisotopic (exact) mass is 232 g/mol. The van der Waals surface area contributed by atoms with E-state index in [1.165, 1.54) is 24.0 Å². The van der Waals surface area contributed by atoms with Gasteiger partial charge in [0.25, 0.3) is 0 Å². The Kier molecular flexibility index (Phi) is 3.58. The molecule has 0 aliphatic heterocycles. The first kappa shape index (κ1) is 12.6. The largest absolute Gasteiger partial charge is 0.390 e. The normalized spacial score (nSPS) is 34.4. The van der Waals surface area contributed by atoms with E-state index >= 15 is 0 Å². The van der Waals surface area contributed by atoms with Gasteiger partial charge < -0.3 is 5.11 Å². The second-order valence-electron chi connectivity index (χ2n) is 6.20. The van der Waals surface area contributed by atoms with Crippen molar-refractivity contribution in [2.75, 3.05) is 0 Å². The lowest BCUT2D eigenvalue weighted by Crippen LogP contribution is -2.26. The molecule has 2 rings (SSSR count). The number of hydrogen-bond acceptors (Lipinski definition) is 1. The number of hydrogen-bond donors (Lipinski definition) is 1. The van der Waals surface area contributed by atoms with Crippen LogP contribution >= 0.6 is 0 Å². The van der Waals surface area contributed by atoms with Gasteiger partial charge in [-0.05, 0) is 50.5 Å². The molecule has 1 aromatic carbocycles. The van der Waals surface area contributed by atoms with Gasteiger partial charge in [0.15, 0.2) is 0 Å². The summed E-state index contributed by atoms with van der Waals surface area (Å²) in [5.41, 5.74) is 2.21. The van der Waals surface area contributed by atoms with Crippen molar-refractivity contribution >= 4 is 0 Å². The van der Waals surface area contributed by atoms with Crippen LogP contribution < -0.4 is 0 Å². The maximum absolute atomic E-state index is 10.4. The second-order valence-corrected chi connectivity index (χ2v) is 6.20. The zero-order valence-electron chi connectivity index (χ0n) is 11.2. The van der Waals surface area contributed by atoms with Gasteiger partial charge in [0.05, 0.1) is 5.60 Å². The number of rotatable bonds is 1. The molecule has 0 radical (unpaired) electrons. The van der Waals surface area contributed by atoms with Gasteiger partial charge in [0, 0.05) is 0 Å². The minimum absolute atomic E-state index is 0.495. The van der Waals surface area contributed by atoms with Crippen molar-refractivity contribution in [2.24, 2.45) is 5.92 Å². The summed E-state index contributed by atoms with van der Waals surface area (Å²) >= 11 is 0. The van der Waals surface area contributed by atoms with E-state index in [2.05, 4.69) is 38.1 Å². The summed E-state index contributed by atoms with van der Waals surface area (Å²) in [5, 5.41) is 10.4. The highest BCUT2D eigenvalue weighted by molar-refractivity contribution is 5.25. The molecule has 0 bridgehead atoms. The van der Waals surface area contributed by atoms with Crippen molar-refractivity contribution in [3.8, 4) is 0 Å². The first-order valence-corrected chi connectivity index (χ1v) is 6.75. The average Bonchev–Trinajstić information content (AvgIpc) is 2.37. The topological polar surface area (TPSA) is 20.2 Å². The van der Waals surface area contributed by atoms with Crippen LogP contribution in [-0.4, -0.2) is 10.7 Å². The van der Waals surface area contributed by atoms with E-state index in [0.29, 0.717) is 11.8 Å². The van der Waals surface area contributed by atoms with Crippen LogP contribution in [0.4, 0.5) is 0 Å². The van der Waals surface area contributed by atoms with Crippen LogP contribution in [0.25, 0.3) is 0 Å². The van der Waals surface area contributed by atoms with E-state index < -0.39 is 5.60 Å². The highest BCUT2D eigenvalue weighted by Gasteiger charge is 2.31. The van der Waals surface area contributed by atoms with Gasteiger partial charge in [-0.25, -0.2) is 0 Å². The third-order valence-corrected chi connectivity index (χ3v) is 4.03. The standard InChI is InChI=1S/C16H24O/c1-12-4-7-14(8-5-12)15-9-6-13(2)10-16(3,17)11-15/h4-5,7-8,13,15,17H,6,9-11H2,1-3H3. The highest BCUT2D eigenvalue weighted by atomic mass is 16.3. The summed E-state index contributed by atoms with van der Waals surface area (Å²) in [6, 6.07) is 8.81. The van der Waals surface area contributed by atoms with E-state index in [-0.39, 0.29) is 0 Å². The lowest BCUT2D eigenvalue weighted by Gasteiger charge is -2.26. The zero-order valence-corrected chi connectivity index (χ0v) is 11.2. The molecule has 1 aliphatic carbocycles. The third-order valence-electron chi connectivity index (χ3n) is 4.03. The fraction of sp³-hybridized carbons (Fsp3) is 0.625. The van der Waals surface area contributed by atoms with Gasteiger partial charge in [-0.1, -0.05) is 43.2 Å². The average molecular weight is 232 g/mol. The molecule has 94 valence electrons. The molecule has 1 aliphatic rings. The van der Waals surface area contributed by atoms with Crippen molar-refractivity contribution < 1.29 is 5.11 Å². The molecule has 1 saturated carbocycles. The highest BCUT2D eigenvalue weighted by Crippen LogP contribution is 2.39. The van der Waals surface area contributed by atoms with E-state index in [0.717, 1.165) is 12.8 Å². The van der Waals surface area contributed by atoms with E-state index in [4.69, 9.17) is 0 Å². The molecule has 3 atom stereocenters. The van der Waals surface area contributed by atoms with Gasteiger partial charge in [-0.15, -0.1) is 0 Å². The smallest absolute Gasteiger partial charge is 0.0628 e. The van der Waals surface area contributed by atoms with Crippen molar-refractivity contribution in [1.82, 2.24) is 0 Å². The van der Waals surface area contributed by atoms with Crippen LogP contribution in [0.15, 0.2) is 24.3 Å². The van der Waals surface area contributed by atoms with E-state index in [1.54, 1.807) is 0 Å². The van der Waals surface area contributed by atoms with Gasteiger partial charge in [-0.3, -0.25) is 0 Å². The van der Waals surface area contributed by atoms with Crippen molar-refractivity contribution in [1.29, 1.82) is 0 Å². The van der Waals surface area contributed by atoms with Gasteiger partial charge in [0.2, 0.25) is 0 Å². The maximum Gasteiger partial charge on any atom is 0.0628 e. The molecule has 0 amide bonds.